The van der Waals surface area contributed by atoms with Gasteiger partial charge < -0.3 is 122 Å². The fourth-order valence-electron chi connectivity index (χ4n) is 10.7. The lowest BCUT2D eigenvalue weighted by Gasteiger charge is -2.28. The van der Waals surface area contributed by atoms with Crippen LogP contribution in [0, 0.1) is 0 Å². The first kappa shape index (κ1) is 88.5. The Morgan fingerprint density at radius 3 is 0.735 bits per heavy atom. The SMILES string of the molecule is NCC(=O)NCC(=O)NCC(=O)NCC(=O)NCC(=O)N1CCNC(=O)c2cccc(c2)C(=O)NCCN(CCN2CCNC(=O)c3cccc(c3O)C(=O)NCCN(C(=O)CNC(=O)CNC(=O)CNC(=O)CNC(=O)CN)CCNC(=O)c3cccc(c3O)C(=O)NCC2)CCNC(=O)c2cccc(c2O)C(=O)NCC1. The number of nitrogens with one attached hydrogen (secondary N) is 16. The van der Waals surface area contributed by atoms with E-state index in [9.17, 15) is 102 Å². The lowest BCUT2D eigenvalue weighted by Crippen LogP contribution is -2.48. The lowest BCUT2D eigenvalue weighted by molar-refractivity contribution is -0.133. The van der Waals surface area contributed by atoms with Crippen molar-refractivity contribution in [3.63, 3.8) is 0 Å². The van der Waals surface area contributed by atoms with Gasteiger partial charge in [0.25, 0.3) is 47.3 Å². The summed E-state index contributed by atoms with van der Waals surface area (Å²) < 4.78 is 0. The van der Waals surface area contributed by atoms with E-state index >= 15 is 0 Å². The van der Waals surface area contributed by atoms with Crippen molar-refractivity contribution in [2.24, 2.45) is 11.5 Å². The van der Waals surface area contributed by atoms with Crippen LogP contribution in [0.4, 0.5) is 0 Å². The van der Waals surface area contributed by atoms with Crippen LogP contribution in [0.15, 0.2) is 78.9 Å². The predicted molar refractivity (Wildman–Crippen MR) is 398 cm³/mol. The lowest BCUT2D eigenvalue weighted by atomic mass is 10.1. The Kier molecular flexibility index (Phi) is 36.2. The van der Waals surface area contributed by atoms with Gasteiger partial charge in [-0.25, -0.2) is 0 Å². The van der Waals surface area contributed by atoms with Crippen molar-refractivity contribution in [2.75, 3.05) is 183 Å². The van der Waals surface area contributed by atoms with Crippen molar-refractivity contribution in [3.8, 4) is 17.2 Å². The fraction of sp³-hybridized carbons (Fsp3) is 0.400. The highest BCUT2D eigenvalue weighted by molar-refractivity contribution is 6.06. The molecule has 0 unspecified atom stereocenters. The zero-order chi connectivity index (χ0) is 82.4. The number of hydrogen-bond donors (Lipinski definition) is 21. The number of benzene rings is 4. The number of para-hydroxylation sites is 3. The molecule has 2 heterocycles. The third kappa shape index (κ3) is 29.8. The molecular formula is C70H92N22O21. The number of phenolic OH excluding ortho intramolecular Hbond substituents is 3. The quantitative estimate of drug-likeness (QED) is 0.0368. The van der Waals surface area contributed by atoms with Crippen molar-refractivity contribution in [3.05, 3.63) is 123 Å². The molecule has 608 valence electrons. The molecule has 8 bridgehead atoms. The van der Waals surface area contributed by atoms with E-state index in [4.69, 9.17) is 11.5 Å². The van der Waals surface area contributed by atoms with E-state index in [1.54, 1.807) is 0 Å². The first-order chi connectivity index (χ1) is 54.2. The van der Waals surface area contributed by atoms with Crippen LogP contribution in [0.2, 0.25) is 0 Å². The van der Waals surface area contributed by atoms with Crippen LogP contribution in [0.3, 0.4) is 0 Å². The van der Waals surface area contributed by atoms with E-state index in [0.717, 1.165) is 4.90 Å². The van der Waals surface area contributed by atoms with Gasteiger partial charge in [0, 0.05) is 129 Å². The Hall–Kier alpha value is -13.4. The number of carbonyl (C=O) groups is 18. The highest BCUT2D eigenvalue weighted by Gasteiger charge is 2.26. The number of phenols is 3. The van der Waals surface area contributed by atoms with Gasteiger partial charge in [-0.15, -0.1) is 0 Å². The number of nitrogens with two attached hydrogens (primary N) is 2. The average molecular weight is 1580 g/mol. The van der Waals surface area contributed by atoms with E-state index in [0.29, 0.717) is 0 Å². The molecule has 0 fully saturated rings. The smallest absolute Gasteiger partial charge is 0.255 e. The van der Waals surface area contributed by atoms with Gasteiger partial charge in [-0.1, -0.05) is 24.3 Å². The van der Waals surface area contributed by atoms with Gasteiger partial charge >= 0.3 is 0 Å². The largest absolute Gasteiger partial charge is 0.506 e. The Labute approximate surface area is 645 Å². The standard InChI is InChI=1S/C70H92N22O21/c71-32-50(93)81-34-52(95)83-36-54(97)85-38-56(99)87-40-58(101)91-25-17-74-64(107)43-6-1-5-42(31-43)63(106)73-13-21-89(22-14-75-65(108)44-7-2-10-47(60(44)103)68(111)78-18-26-91)29-30-90-23-15-76-66(109)45-8-3-11-48(61(45)104)69(112)79-19-27-92(28-20-80-70(113)49-12-4-9-46(62(49)105)67(110)77-16-24-90)59(102)41-88-57(100)39-86-55(98)37-84-53(96)35-82-51(94)33-72/h1-12,31,103-105H,13-30,32-41,71-72H2,(H,73,106)(H,74,107)(H,75,108)(H,76,109)(H,77,110)(H,78,111)(H,79,112)(H,80,113)(H,81,93)(H,82,94)(H,83,95)(H,84,96)(H,85,97)(H,86,98)(H,87,99)(H,88,100). The topological polar surface area (TPSA) is 625 Å². The third-order valence-corrected chi connectivity index (χ3v) is 16.8. The highest BCUT2D eigenvalue weighted by atomic mass is 16.3. The van der Waals surface area contributed by atoms with Crippen molar-refractivity contribution in [1.29, 1.82) is 0 Å². The van der Waals surface area contributed by atoms with Crippen molar-refractivity contribution < 1.29 is 102 Å². The second kappa shape index (κ2) is 46.2. The maximum Gasteiger partial charge on any atom is 0.255 e. The second-order valence-electron chi connectivity index (χ2n) is 24.8. The van der Waals surface area contributed by atoms with Crippen molar-refractivity contribution in [1.82, 2.24) is 105 Å². The number of nitrogens with zero attached hydrogens (tertiary/aromatic N) is 4. The van der Waals surface area contributed by atoms with E-state index in [2.05, 4.69) is 85.1 Å². The minimum Gasteiger partial charge on any atom is -0.506 e. The van der Waals surface area contributed by atoms with Gasteiger partial charge in [0.15, 0.2) is 0 Å². The molecule has 6 rings (SSSR count). The molecule has 18 amide bonds. The summed E-state index contributed by atoms with van der Waals surface area (Å²) in [6, 6.07) is 17.3. The number of amides is 18. The van der Waals surface area contributed by atoms with Crippen molar-refractivity contribution >= 4 is 106 Å². The summed E-state index contributed by atoms with van der Waals surface area (Å²) in [5.74, 6) is -15.6. The molecule has 2 aliphatic rings. The molecule has 0 aliphatic carbocycles. The van der Waals surface area contributed by atoms with Gasteiger partial charge in [-0.3, -0.25) is 96.1 Å². The summed E-state index contributed by atoms with van der Waals surface area (Å²) in [5, 5.41) is 73.6. The first-order valence-electron chi connectivity index (χ1n) is 35.5. The minimum absolute atomic E-state index is 0.0220. The van der Waals surface area contributed by atoms with Crippen LogP contribution in [0.5, 0.6) is 17.2 Å². The molecular weight excluding hydrogens is 1480 g/mol. The summed E-state index contributed by atoms with van der Waals surface area (Å²) in [6.45, 7) is -6.90. The Bertz CT molecular complexity index is 4090. The zero-order valence-electron chi connectivity index (χ0n) is 61.4. The molecule has 43 heteroatoms. The van der Waals surface area contributed by atoms with E-state index in [1.807, 2.05) is 9.80 Å². The first-order valence-corrected chi connectivity index (χ1v) is 35.5. The number of aromatic hydroxyl groups is 3. The molecule has 0 atom stereocenters. The Balaban J connectivity index is 1.13. The molecule has 0 aromatic heterocycles. The molecule has 4 aromatic rings. The number of hydrogen-bond acceptors (Lipinski definition) is 25. The number of carbonyl (C=O) groups excluding carboxylic acids is 18. The summed E-state index contributed by atoms with van der Waals surface area (Å²) in [5.41, 5.74) is 8.63. The minimum atomic E-state index is -0.869. The summed E-state index contributed by atoms with van der Waals surface area (Å²) in [4.78, 5) is 239. The summed E-state index contributed by atoms with van der Waals surface area (Å²) >= 11 is 0. The normalized spacial score (nSPS) is 15.2. The molecule has 0 radical (unpaired) electrons. The number of fused-ring (bicyclic) bond motifs is 8. The Morgan fingerprint density at radius 1 is 0.292 bits per heavy atom. The van der Waals surface area contributed by atoms with Crippen molar-refractivity contribution in [2.45, 2.75) is 0 Å². The predicted octanol–water partition coefficient (Wildman–Crippen LogP) is -10.1. The van der Waals surface area contributed by atoms with Crippen LogP contribution in [0.25, 0.3) is 0 Å². The molecule has 43 nitrogen and oxygen atoms in total. The zero-order valence-corrected chi connectivity index (χ0v) is 61.4. The van der Waals surface area contributed by atoms with Gasteiger partial charge in [-0.2, -0.15) is 0 Å². The van der Waals surface area contributed by atoms with E-state index in [-0.39, 0.29) is 175 Å². The maximum absolute atomic E-state index is 13.8. The molecule has 0 spiro atoms. The van der Waals surface area contributed by atoms with E-state index < -0.39 is 176 Å². The Morgan fingerprint density at radius 2 is 0.496 bits per heavy atom. The van der Waals surface area contributed by atoms with Crippen LogP contribution in [-0.4, -0.2) is 325 Å². The summed E-state index contributed by atoms with van der Waals surface area (Å²) in [7, 11) is 0. The van der Waals surface area contributed by atoms with Crippen LogP contribution in [0.1, 0.15) is 82.9 Å². The monoisotopic (exact) mass is 1580 g/mol. The molecule has 2 aliphatic heterocycles. The molecule has 113 heavy (non-hydrogen) atoms. The number of rotatable bonds is 21. The van der Waals surface area contributed by atoms with Crippen LogP contribution >= 0.6 is 0 Å². The van der Waals surface area contributed by atoms with Crippen LogP contribution in [-0.2, 0) is 47.9 Å². The molecule has 0 saturated carbocycles. The maximum atomic E-state index is 13.8. The van der Waals surface area contributed by atoms with E-state index in [1.165, 1.54) is 83.8 Å². The van der Waals surface area contributed by atoms with Gasteiger partial charge in [-0.05, 0) is 54.6 Å². The molecule has 0 saturated heterocycles. The van der Waals surface area contributed by atoms with Crippen LogP contribution < -0.4 is 96.5 Å². The summed E-state index contributed by atoms with van der Waals surface area (Å²) in [6.07, 6.45) is 0. The van der Waals surface area contributed by atoms with Gasteiger partial charge in [0.05, 0.1) is 98.8 Å². The average Bonchev–Trinajstić information content (AvgIpc) is 0.835. The van der Waals surface area contributed by atoms with Gasteiger partial charge in [0.1, 0.15) is 17.2 Å². The van der Waals surface area contributed by atoms with Gasteiger partial charge in [0.2, 0.25) is 59.1 Å². The second-order valence-corrected chi connectivity index (χ2v) is 24.8. The highest BCUT2D eigenvalue weighted by Crippen LogP contribution is 2.25. The molecule has 4 aromatic carbocycles. The molecule has 23 N–H and O–H groups in total. The third-order valence-electron chi connectivity index (χ3n) is 16.8. The fourth-order valence-corrected chi connectivity index (χ4v) is 10.7.